The number of nitrogens with one attached hydrogen (secondary N) is 1. The summed E-state index contributed by atoms with van der Waals surface area (Å²) in [7, 11) is 1.94. The molecule has 0 radical (unpaired) electrons. The average Bonchev–Trinajstić information content (AvgIpc) is 3.41. The second-order valence-electron chi connectivity index (χ2n) is 7.92. The van der Waals surface area contributed by atoms with Gasteiger partial charge in [-0.05, 0) is 23.1 Å². The lowest BCUT2D eigenvalue weighted by atomic mass is 10.1. The summed E-state index contributed by atoms with van der Waals surface area (Å²) in [6.45, 7) is 4.24. The molecule has 0 saturated carbocycles. The van der Waals surface area contributed by atoms with Crippen molar-refractivity contribution in [2.75, 3.05) is 32.7 Å². The number of rotatable bonds is 5. The lowest BCUT2D eigenvalue weighted by Gasteiger charge is -2.34. The smallest absolute Gasteiger partial charge is 0.234 e. The van der Waals surface area contributed by atoms with Crippen LogP contribution in [-0.2, 0) is 18.4 Å². The van der Waals surface area contributed by atoms with Crippen LogP contribution in [0.5, 0.6) is 0 Å². The van der Waals surface area contributed by atoms with Crippen molar-refractivity contribution in [3.05, 3.63) is 64.4 Å². The van der Waals surface area contributed by atoms with Crippen molar-refractivity contribution >= 4 is 17.2 Å². The van der Waals surface area contributed by atoms with Gasteiger partial charge in [0.15, 0.2) is 0 Å². The highest BCUT2D eigenvalue weighted by atomic mass is 32.1. The fourth-order valence-electron chi connectivity index (χ4n) is 4.39. The Bertz CT molecular complexity index is 1070. The van der Waals surface area contributed by atoms with Crippen LogP contribution < -0.4 is 5.32 Å². The number of amides is 1. The van der Waals surface area contributed by atoms with Crippen LogP contribution in [0.25, 0.3) is 10.6 Å². The highest BCUT2D eigenvalue weighted by Crippen LogP contribution is 2.46. The van der Waals surface area contributed by atoms with Gasteiger partial charge in [0, 0.05) is 50.9 Å². The first kappa shape index (κ1) is 19.4. The van der Waals surface area contributed by atoms with E-state index in [-0.39, 0.29) is 17.8 Å². The molecular formula is C22H24FN5OS. The molecule has 3 aromatic rings. The van der Waals surface area contributed by atoms with Crippen molar-refractivity contribution in [1.82, 2.24) is 24.9 Å². The molecule has 1 aromatic carbocycles. The van der Waals surface area contributed by atoms with Crippen LogP contribution in [0.3, 0.4) is 0 Å². The van der Waals surface area contributed by atoms with Crippen molar-refractivity contribution < 1.29 is 9.18 Å². The van der Waals surface area contributed by atoms with E-state index in [1.165, 1.54) is 10.9 Å². The second kappa shape index (κ2) is 7.94. The molecule has 0 bridgehead atoms. The first-order chi connectivity index (χ1) is 14.6. The van der Waals surface area contributed by atoms with Crippen LogP contribution in [0, 0.1) is 5.82 Å². The average molecular weight is 426 g/mol. The van der Waals surface area contributed by atoms with Crippen LogP contribution >= 0.6 is 11.3 Å². The van der Waals surface area contributed by atoms with E-state index in [0.29, 0.717) is 13.1 Å². The molecule has 6 nitrogen and oxygen atoms in total. The van der Waals surface area contributed by atoms with Crippen LogP contribution in [0.15, 0.2) is 41.9 Å². The minimum atomic E-state index is -0.154. The summed E-state index contributed by atoms with van der Waals surface area (Å²) >= 11 is 1.69. The molecule has 2 aliphatic rings. The number of halogens is 1. The normalized spacial score (nSPS) is 18.9. The molecular weight excluding hydrogens is 401 g/mol. The first-order valence-corrected chi connectivity index (χ1v) is 11.1. The molecule has 1 atom stereocenters. The quantitative estimate of drug-likeness (QED) is 0.683. The topological polar surface area (TPSA) is 53.4 Å². The van der Waals surface area contributed by atoms with Gasteiger partial charge in [0.1, 0.15) is 5.82 Å². The lowest BCUT2D eigenvalue weighted by Crippen LogP contribution is -2.49. The van der Waals surface area contributed by atoms with Crippen LogP contribution in [0.4, 0.5) is 4.39 Å². The lowest BCUT2D eigenvalue weighted by molar-refractivity contribution is -0.123. The van der Waals surface area contributed by atoms with E-state index < -0.39 is 0 Å². The Hall–Kier alpha value is -2.55. The number of aromatic nitrogens is 2. The molecule has 1 unspecified atom stereocenters. The largest absolute Gasteiger partial charge is 0.344 e. The van der Waals surface area contributed by atoms with Gasteiger partial charge in [0.25, 0.3) is 0 Å². The van der Waals surface area contributed by atoms with Crippen molar-refractivity contribution in [2.45, 2.75) is 12.6 Å². The number of piperazine rings is 1. The highest BCUT2D eigenvalue weighted by molar-refractivity contribution is 7.13. The summed E-state index contributed by atoms with van der Waals surface area (Å²) < 4.78 is 15.8. The molecule has 3 heterocycles. The number of benzene rings is 1. The summed E-state index contributed by atoms with van der Waals surface area (Å²) in [5.41, 5.74) is 4.06. The van der Waals surface area contributed by atoms with Crippen LogP contribution in [-0.4, -0.2) is 58.2 Å². The van der Waals surface area contributed by atoms with E-state index in [9.17, 15) is 9.18 Å². The van der Waals surface area contributed by atoms with Crippen molar-refractivity contribution in [3.63, 3.8) is 0 Å². The number of thiophene rings is 1. The van der Waals surface area contributed by atoms with Gasteiger partial charge in [0.2, 0.25) is 5.91 Å². The van der Waals surface area contributed by atoms with Gasteiger partial charge in [-0.15, -0.1) is 11.3 Å². The number of hydrogen-bond acceptors (Lipinski definition) is 5. The number of hydrogen-bond donors (Lipinski definition) is 1. The molecule has 156 valence electrons. The van der Waals surface area contributed by atoms with Gasteiger partial charge in [-0.25, -0.2) is 4.39 Å². The van der Waals surface area contributed by atoms with E-state index in [0.717, 1.165) is 48.6 Å². The standard InChI is InChI=1S/C22H24FN5OS/c1-26-21-17(12-24-26)20(16-6-11-30-22(16)21)25-19(29)14-28-9-7-27(8-10-28)13-15-4-2-3-5-18(15)23/h2-6,11-12,20H,7-10,13-14H2,1H3,(H,25,29). The van der Waals surface area contributed by atoms with E-state index in [1.807, 2.05) is 30.1 Å². The summed E-state index contributed by atoms with van der Waals surface area (Å²) in [5, 5.41) is 9.64. The van der Waals surface area contributed by atoms with Gasteiger partial charge < -0.3 is 5.32 Å². The van der Waals surface area contributed by atoms with Gasteiger partial charge in [-0.1, -0.05) is 18.2 Å². The molecule has 5 rings (SSSR count). The summed E-state index contributed by atoms with van der Waals surface area (Å²) in [6, 6.07) is 8.90. The Balaban J connectivity index is 1.16. The Morgan fingerprint density at radius 2 is 1.93 bits per heavy atom. The molecule has 1 saturated heterocycles. The van der Waals surface area contributed by atoms with Gasteiger partial charge in [-0.2, -0.15) is 5.10 Å². The zero-order valence-corrected chi connectivity index (χ0v) is 17.7. The van der Waals surface area contributed by atoms with E-state index in [1.54, 1.807) is 17.4 Å². The Labute approximate surface area is 178 Å². The number of carbonyl (C=O) groups excluding carboxylic acids is 1. The maximum atomic E-state index is 13.9. The zero-order chi connectivity index (χ0) is 20.7. The molecule has 1 fully saturated rings. The van der Waals surface area contributed by atoms with E-state index >= 15 is 0 Å². The molecule has 0 spiro atoms. The molecule has 8 heteroatoms. The summed E-state index contributed by atoms with van der Waals surface area (Å²) in [5.74, 6) is -0.130. The fourth-order valence-corrected chi connectivity index (χ4v) is 5.42. The third kappa shape index (κ3) is 3.55. The molecule has 1 aliphatic carbocycles. The maximum absolute atomic E-state index is 13.9. The Morgan fingerprint density at radius 3 is 2.73 bits per heavy atom. The van der Waals surface area contributed by atoms with Crippen LogP contribution in [0.2, 0.25) is 0 Å². The first-order valence-electron chi connectivity index (χ1n) is 10.2. The van der Waals surface area contributed by atoms with E-state index in [4.69, 9.17) is 0 Å². The van der Waals surface area contributed by atoms with Crippen molar-refractivity contribution in [3.8, 4) is 10.6 Å². The Kier molecular flexibility index (Phi) is 5.14. The predicted molar refractivity (Wildman–Crippen MR) is 115 cm³/mol. The van der Waals surface area contributed by atoms with Crippen LogP contribution in [0.1, 0.15) is 22.7 Å². The fraction of sp³-hybridized carbons (Fsp3) is 0.364. The monoisotopic (exact) mass is 425 g/mol. The maximum Gasteiger partial charge on any atom is 0.234 e. The molecule has 30 heavy (non-hydrogen) atoms. The highest BCUT2D eigenvalue weighted by Gasteiger charge is 2.34. The van der Waals surface area contributed by atoms with Gasteiger partial charge >= 0.3 is 0 Å². The third-order valence-electron chi connectivity index (χ3n) is 5.99. The summed E-state index contributed by atoms with van der Waals surface area (Å²) in [6.07, 6.45) is 1.86. The third-order valence-corrected chi connectivity index (χ3v) is 6.93. The van der Waals surface area contributed by atoms with E-state index in [2.05, 4.69) is 31.7 Å². The van der Waals surface area contributed by atoms with Crippen molar-refractivity contribution in [1.29, 1.82) is 0 Å². The zero-order valence-electron chi connectivity index (χ0n) is 16.8. The Morgan fingerprint density at radius 1 is 1.17 bits per heavy atom. The molecule has 1 N–H and O–H groups in total. The number of fused-ring (bicyclic) bond motifs is 3. The predicted octanol–water partition coefficient (Wildman–Crippen LogP) is 2.62. The minimum Gasteiger partial charge on any atom is -0.344 e. The second-order valence-corrected chi connectivity index (χ2v) is 8.84. The summed E-state index contributed by atoms with van der Waals surface area (Å²) in [4.78, 5) is 18.4. The number of carbonyl (C=O) groups is 1. The SMILES string of the molecule is Cn1ncc2c1-c1sccc1C2NC(=O)CN1CCN(Cc2ccccc2F)CC1. The van der Waals surface area contributed by atoms with Gasteiger partial charge in [-0.3, -0.25) is 19.3 Å². The molecule has 1 aliphatic heterocycles. The molecule has 1 amide bonds. The van der Waals surface area contributed by atoms with Crippen molar-refractivity contribution in [2.24, 2.45) is 7.05 Å². The number of aryl methyl sites for hydroxylation is 1. The minimum absolute atomic E-state index is 0.0245. The molecule has 2 aromatic heterocycles. The van der Waals surface area contributed by atoms with Gasteiger partial charge in [0.05, 0.1) is 29.4 Å². The number of nitrogens with zero attached hydrogens (tertiary/aromatic N) is 4.